The summed E-state index contributed by atoms with van der Waals surface area (Å²) in [5.41, 5.74) is 0.856. The molecular weight excluding hydrogens is 234 g/mol. The van der Waals surface area contributed by atoms with E-state index in [0.717, 1.165) is 12.2 Å². The molecule has 0 radical (unpaired) electrons. The highest BCUT2D eigenvalue weighted by Crippen LogP contribution is 2.40. The van der Waals surface area contributed by atoms with E-state index in [1.165, 1.54) is 0 Å². The lowest BCUT2D eigenvalue weighted by atomic mass is 10.2. The smallest absolute Gasteiger partial charge is 0.149 e. The fraction of sp³-hybridized carbons (Fsp3) is 0.538. The Balaban J connectivity index is 3.13. The SMILES string of the molecule is COc1cc(OC)c(N(C)CCCO)c(OC)c1. The van der Waals surface area contributed by atoms with Crippen molar-refractivity contribution in [3.05, 3.63) is 12.1 Å². The lowest BCUT2D eigenvalue weighted by Gasteiger charge is -2.24. The third-order valence-corrected chi connectivity index (χ3v) is 2.72. The average Bonchev–Trinajstić information content (AvgIpc) is 2.42. The molecule has 102 valence electrons. The van der Waals surface area contributed by atoms with Gasteiger partial charge in [-0.15, -0.1) is 0 Å². The topological polar surface area (TPSA) is 51.2 Å². The van der Waals surface area contributed by atoms with E-state index < -0.39 is 0 Å². The van der Waals surface area contributed by atoms with Gasteiger partial charge in [-0.2, -0.15) is 0 Å². The van der Waals surface area contributed by atoms with Gasteiger partial charge in [0, 0.05) is 32.3 Å². The van der Waals surface area contributed by atoms with Crippen LogP contribution in [0.15, 0.2) is 12.1 Å². The van der Waals surface area contributed by atoms with Crippen LogP contribution < -0.4 is 19.1 Å². The van der Waals surface area contributed by atoms with Crippen LogP contribution in [0.1, 0.15) is 6.42 Å². The minimum Gasteiger partial charge on any atom is -0.496 e. The van der Waals surface area contributed by atoms with Crippen LogP contribution in [0.2, 0.25) is 0 Å². The fourth-order valence-electron chi connectivity index (χ4n) is 1.78. The van der Waals surface area contributed by atoms with E-state index in [2.05, 4.69) is 0 Å². The Morgan fingerprint density at radius 3 is 2.00 bits per heavy atom. The molecule has 0 aliphatic heterocycles. The third-order valence-electron chi connectivity index (χ3n) is 2.72. The molecule has 0 aliphatic carbocycles. The van der Waals surface area contributed by atoms with Crippen molar-refractivity contribution in [1.29, 1.82) is 0 Å². The Morgan fingerprint density at radius 2 is 1.61 bits per heavy atom. The van der Waals surface area contributed by atoms with Gasteiger partial charge in [0.1, 0.15) is 22.9 Å². The normalized spacial score (nSPS) is 10.1. The van der Waals surface area contributed by atoms with Gasteiger partial charge in [0.2, 0.25) is 0 Å². The molecule has 0 atom stereocenters. The quantitative estimate of drug-likeness (QED) is 0.800. The predicted molar refractivity (Wildman–Crippen MR) is 71.1 cm³/mol. The van der Waals surface area contributed by atoms with E-state index in [9.17, 15) is 0 Å². The standard InChI is InChI=1S/C13H21NO4/c1-14(6-5-7-15)13-11(17-3)8-10(16-2)9-12(13)18-4/h8-9,15H,5-7H2,1-4H3. The molecule has 1 aromatic carbocycles. The highest BCUT2D eigenvalue weighted by Gasteiger charge is 2.16. The molecule has 0 saturated heterocycles. The molecule has 0 unspecified atom stereocenters. The summed E-state index contributed by atoms with van der Waals surface area (Å²) in [6.45, 7) is 0.876. The molecule has 5 nitrogen and oxygen atoms in total. The Morgan fingerprint density at radius 1 is 1.06 bits per heavy atom. The fourth-order valence-corrected chi connectivity index (χ4v) is 1.78. The van der Waals surface area contributed by atoms with Crippen LogP contribution in [0.3, 0.4) is 0 Å². The first-order chi connectivity index (χ1) is 8.67. The second kappa shape index (κ2) is 6.96. The monoisotopic (exact) mass is 255 g/mol. The zero-order valence-corrected chi connectivity index (χ0v) is 11.4. The number of nitrogens with zero attached hydrogens (tertiary/aromatic N) is 1. The van der Waals surface area contributed by atoms with E-state index in [1.807, 2.05) is 24.1 Å². The Kier molecular flexibility index (Phi) is 5.58. The first-order valence-corrected chi connectivity index (χ1v) is 5.80. The zero-order chi connectivity index (χ0) is 13.5. The van der Waals surface area contributed by atoms with Crippen LogP contribution in [0.4, 0.5) is 5.69 Å². The molecule has 1 N–H and O–H groups in total. The summed E-state index contributed by atoms with van der Waals surface area (Å²) in [6, 6.07) is 3.63. The number of aliphatic hydroxyl groups is 1. The van der Waals surface area contributed by atoms with E-state index in [-0.39, 0.29) is 6.61 Å². The first-order valence-electron chi connectivity index (χ1n) is 5.80. The molecule has 0 fully saturated rings. The summed E-state index contributed by atoms with van der Waals surface area (Å²) >= 11 is 0. The van der Waals surface area contributed by atoms with Crippen LogP contribution in [0, 0.1) is 0 Å². The van der Waals surface area contributed by atoms with Crippen LogP contribution in [-0.4, -0.2) is 46.6 Å². The first kappa shape index (κ1) is 14.4. The number of benzene rings is 1. The highest BCUT2D eigenvalue weighted by atomic mass is 16.5. The van der Waals surface area contributed by atoms with Gasteiger partial charge in [0.05, 0.1) is 21.3 Å². The van der Waals surface area contributed by atoms with Crippen molar-refractivity contribution in [1.82, 2.24) is 0 Å². The van der Waals surface area contributed by atoms with Gasteiger partial charge in [-0.05, 0) is 6.42 Å². The number of aliphatic hydroxyl groups excluding tert-OH is 1. The Bertz CT molecular complexity index is 356. The number of ether oxygens (including phenoxy) is 3. The van der Waals surface area contributed by atoms with Gasteiger partial charge in [0.15, 0.2) is 0 Å². The molecule has 1 aromatic rings. The van der Waals surface area contributed by atoms with Gasteiger partial charge in [0.25, 0.3) is 0 Å². The third kappa shape index (κ3) is 3.20. The van der Waals surface area contributed by atoms with Crippen LogP contribution >= 0.6 is 0 Å². The van der Waals surface area contributed by atoms with Crippen LogP contribution in [-0.2, 0) is 0 Å². The van der Waals surface area contributed by atoms with E-state index >= 15 is 0 Å². The maximum atomic E-state index is 8.89. The summed E-state index contributed by atoms with van der Waals surface area (Å²) < 4.78 is 15.9. The molecule has 5 heteroatoms. The van der Waals surface area contributed by atoms with Crippen molar-refractivity contribution in [2.75, 3.05) is 46.4 Å². The van der Waals surface area contributed by atoms with Crippen molar-refractivity contribution >= 4 is 5.69 Å². The molecular formula is C13H21NO4. The molecule has 0 heterocycles. The second-order valence-electron chi connectivity index (χ2n) is 3.88. The van der Waals surface area contributed by atoms with Crippen molar-refractivity contribution in [3.8, 4) is 17.2 Å². The maximum Gasteiger partial charge on any atom is 0.149 e. The van der Waals surface area contributed by atoms with E-state index in [0.29, 0.717) is 23.7 Å². The van der Waals surface area contributed by atoms with Crippen LogP contribution in [0.25, 0.3) is 0 Å². The largest absolute Gasteiger partial charge is 0.496 e. The molecule has 1 rings (SSSR count). The summed E-state index contributed by atoms with van der Waals surface area (Å²) in [5, 5.41) is 8.89. The molecule has 0 bridgehead atoms. The van der Waals surface area contributed by atoms with Gasteiger partial charge >= 0.3 is 0 Å². The zero-order valence-electron chi connectivity index (χ0n) is 11.4. The summed E-state index contributed by atoms with van der Waals surface area (Å²) in [6.07, 6.45) is 0.689. The summed E-state index contributed by atoms with van der Waals surface area (Å²) in [5.74, 6) is 2.06. The predicted octanol–water partition coefficient (Wildman–Crippen LogP) is 1.53. The lowest BCUT2D eigenvalue weighted by Crippen LogP contribution is -2.20. The maximum absolute atomic E-state index is 8.89. The summed E-state index contributed by atoms with van der Waals surface area (Å²) in [4.78, 5) is 1.99. The van der Waals surface area contributed by atoms with Crippen molar-refractivity contribution in [3.63, 3.8) is 0 Å². The average molecular weight is 255 g/mol. The molecule has 0 spiro atoms. The van der Waals surface area contributed by atoms with Crippen molar-refractivity contribution < 1.29 is 19.3 Å². The van der Waals surface area contributed by atoms with Gasteiger partial charge < -0.3 is 24.2 Å². The van der Waals surface area contributed by atoms with E-state index in [4.69, 9.17) is 19.3 Å². The number of anilines is 1. The number of hydrogen-bond acceptors (Lipinski definition) is 5. The molecule has 0 amide bonds. The van der Waals surface area contributed by atoms with Crippen molar-refractivity contribution in [2.24, 2.45) is 0 Å². The molecule has 0 saturated carbocycles. The number of methoxy groups -OCH3 is 3. The molecule has 0 aliphatic rings. The lowest BCUT2D eigenvalue weighted by molar-refractivity contribution is 0.290. The van der Waals surface area contributed by atoms with E-state index in [1.54, 1.807) is 21.3 Å². The minimum atomic E-state index is 0.158. The minimum absolute atomic E-state index is 0.158. The van der Waals surface area contributed by atoms with Gasteiger partial charge in [-0.1, -0.05) is 0 Å². The van der Waals surface area contributed by atoms with Gasteiger partial charge in [-0.25, -0.2) is 0 Å². The van der Waals surface area contributed by atoms with Crippen molar-refractivity contribution in [2.45, 2.75) is 6.42 Å². The second-order valence-corrected chi connectivity index (χ2v) is 3.88. The van der Waals surface area contributed by atoms with Gasteiger partial charge in [-0.3, -0.25) is 0 Å². The molecule has 0 aromatic heterocycles. The number of hydrogen-bond donors (Lipinski definition) is 1. The Hall–Kier alpha value is -1.62. The molecule has 18 heavy (non-hydrogen) atoms. The van der Waals surface area contributed by atoms with Crippen LogP contribution in [0.5, 0.6) is 17.2 Å². The Labute approximate surface area is 108 Å². The highest BCUT2D eigenvalue weighted by molar-refractivity contribution is 5.70. The summed E-state index contributed by atoms with van der Waals surface area (Å²) in [7, 11) is 6.75. The number of rotatable bonds is 7.